The van der Waals surface area contributed by atoms with Gasteiger partial charge in [-0.2, -0.15) is 0 Å². The smallest absolute Gasteiger partial charge is 0.312 e. The molecule has 0 radical (unpaired) electrons. The third-order valence-corrected chi connectivity index (χ3v) is 4.06. The Morgan fingerprint density at radius 3 is 2.53 bits per heavy atom. The Bertz CT molecular complexity index is 523. The SMILES string of the molecule is NCC(C(=O)O)c1c2c(c(Cl)c3c1OCC3)OCC2. The van der Waals surface area contributed by atoms with Crippen molar-refractivity contribution in [2.24, 2.45) is 5.73 Å². The Kier molecular flexibility index (Phi) is 3.03. The van der Waals surface area contributed by atoms with E-state index in [9.17, 15) is 9.90 Å². The third kappa shape index (κ3) is 1.76. The summed E-state index contributed by atoms with van der Waals surface area (Å²) in [6.45, 7) is 1.06. The van der Waals surface area contributed by atoms with Crippen molar-refractivity contribution >= 4 is 17.6 Å². The van der Waals surface area contributed by atoms with Crippen LogP contribution < -0.4 is 15.2 Å². The van der Waals surface area contributed by atoms with E-state index in [4.69, 9.17) is 26.8 Å². The highest BCUT2D eigenvalue weighted by Gasteiger charge is 2.35. The highest BCUT2D eigenvalue weighted by atomic mass is 35.5. The van der Waals surface area contributed by atoms with Gasteiger partial charge in [-0.1, -0.05) is 11.6 Å². The fourth-order valence-corrected chi connectivity index (χ4v) is 3.15. The van der Waals surface area contributed by atoms with Crippen molar-refractivity contribution in [2.45, 2.75) is 18.8 Å². The lowest BCUT2D eigenvalue weighted by Crippen LogP contribution is -2.23. The summed E-state index contributed by atoms with van der Waals surface area (Å²) in [5, 5.41) is 9.91. The molecule has 0 saturated carbocycles. The van der Waals surface area contributed by atoms with E-state index in [-0.39, 0.29) is 6.54 Å². The zero-order chi connectivity index (χ0) is 13.6. The van der Waals surface area contributed by atoms with Crippen LogP contribution in [0, 0.1) is 0 Å². The molecule has 19 heavy (non-hydrogen) atoms. The fourth-order valence-electron chi connectivity index (χ4n) is 2.80. The second-order valence-corrected chi connectivity index (χ2v) is 5.04. The first-order valence-electron chi connectivity index (χ1n) is 6.20. The molecule has 3 N–H and O–H groups in total. The molecule has 0 saturated heterocycles. The predicted molar refractivity (Wildman–Crippen MR) is 69.3 cm³/mol. The number of carboxylic acids is 1. The maximum absolute atomic E-state index is 11.4. The summed E-state index contributed by atoms with van der Waals surface area (Å²) in [6.07, 6.45) is 1.32. The van der Waals surface area contributed by atoms with Gasteiger partial charge in [-0.15, -0.1) is 0 Å². The number of halogens is 1. The first-order valence-corrected chi connectivity index (χ1v) is 6.58. The van der Waals surface area contributed by atoms with Gasteiger partial charge >= 0.3 is 5.97 Å². The zero-order valence-corrected chi connectivity index (χ0v) is 11.0. The third-order valence-electron chi connectivity index (χ3n) is 3.66. The van der Waals surface area contributed by atoms with Gasteiger partial charge in [-0.05, 0) is 0 Å². The number of hydrogen-bond donors (Lipinski definition) is 2. The van der Waals surface area contributed by atoms with E-state index in [0.717, 1.165) is 11.1 Å². The predicted octanol–water partition coefficient (Wildman–Crippen LogP) is 1.34. The molecule has 2 aliphatic rings. The number of ether oxygens (including phenoxy) is 2. The first-order chi connectivity index (χ1) is 9.15. The lowest BCUT2D eigenvalue weighted by Gasteiger charge is -2.19. The number of carboxylic acid groups (broad SMARTS) is 1. The molecule has 1 aromatic rings. The average molecular weight is 284 g/mol. The van der Waals surface area contributed by atoms with Gasteiger partial charge in [0.05, 0.1) is 24.2 Å². The molecule has 1 aromatic carbocycles. The lowest BCUT2D eigenvalue weighted by molar-refractivity contribution is -0.138. The Balaban J connectivity index is 2.26. The maximum atomic E-state index is 11.4. The Hall–Kier alpha value is -1.46. The van der Waals surface area contributed by atoms with Crippen LogP contribution >= 0.6 is 11.6 Å². The summed E-state index contributed by atoms with van der Waals surface area (Å²) >= 11 is 6.32. The molecule has 0 aromatic heterocycles. The second-order valence-electron chi connectivity index (χ2n) is 4.67. The van der Waals surface area contributed by atoms with Gasteiger partial charge in [-0.3, -0.25) is 4.79 Å². The summed E-state index contributed by atoms with van der Waals surface area (Å²) < 4.78 is 11.2. The molecule has 2 aliphatic heterocycles. The summed E-state index contributed by atoms with van der Waals surface area (Å²) in [5.74, 6) is -0.510. The minimum Gasteiger partial charge on any atom is -0.493 e. The van der Waals surface area contributed by atoms with Crippen LogP contribution in [0.15, 0.2) is 0 Å². The van der Waals surface area contributed by atoms with Crippen LogP contribution in [-0.4, -0.2) is 30.8 Å². The number of hydrogen-bond acceptors (Lipinski definition) is 4. The average Bonchev–Trinajstić information content (AvgIpc) is 3.02. The molecule has 1 atom stereocenters. The van der Waals surface area contributed by atoms with E-state index in [0.29, 0.717) is 48.1 Å². The Labute approximate surface area is 115 Å². The van der Waals surface area contributed by atoms with E-state index in [1.165, 1.54) is 0 Å². The minimum atomic E-state index is -0.948. The molecule has 0 amide bonds. The maximum Gasteiger partial charge on any atom is 0.312 e. The van der Waals surface area contributed by atoms with Gasteiger partial charge in [0.25, 0.3) is 0 Å². The van der Waals surface area contributed by atoms with Crippen molar-refractivity contribution in [1.29, 1.82) is 0 Å². The minimum absolute atomic E-state index is 0.0270. The van der Waals surface area contributed by atoms with E-state index >= 15 is 0 Å². The topological polar surface area (TPSA) is 81.8 Å². The number of nitrogens with two attached hydrogens (primary N) is 1. The monoisotopic (exact) mass is 283 g/mol. The molecule has 6 heteroatoms. The highest BCUT2D eigenvalue weighted by Crippen LogP contribution is 2.49. The van der Waals surface area contributed by atoms with Crippen molar-refractivity contribution in [3.05, 3.63) is 21.7 Å². The number of benzene rings is 1. The van der Waals surface area contributed by atoms with E-state index in [1.807, 2.05) is 0 Å². The van der Waals surface area contributed by atoms with Crippen molar-refractivity contribution in [3.8, 4) is 11.5 Å². The molecule has 3 rings (SSSR count). The van der Waals surface area contributed by atoms with Gasteiger partial charge < -0.3 is 20.3 Å². The summed E-state index contributed by atoms with van der Waals surface area (Å²) in [4.78, 5) is 11.4. The number of rotatable bonds is 3. The number of fused-ring (bicyclic) bond motifs is 2. The van der Waals surface area contributed by atoms with Gasteiger partial charge in [0.1, 0.15) is 11.5 Å². The quantitative estimate of drug-likeness (QED) is 0.875. The standard InChI is InChI=1S/C13H14ClNO4/c14-10-7-2-4-18-11(7)9(8(5-15)13(16)17)6-1-3-19-12(6)10/h8H,1-5,15H2,(H,16,17). The van der Waals surface area contributed by atoms with Crippen molar-refractivity contribution < 1.29 is 19.4 Å². The zero-order valence-electron chi connectivity index (χ0n) is 10.2. The first kappa shape index (κ1) is 12.6. The van der Waals surface area contributed by atoms with Crippen LogP contribution in [0.3, 0.4) is 0 Å². The molecular weight excluding hydrogens is 270 g/mol. The van der Waals surface area contributed by atoms with Crippen LogP contribution in [0.4, 0.5) is 0 Å². The van der Waals surface area contributed by atoms with Crippen molar-refractivity contribution in [1.82, 2.24) is 0 Å². The summed E-state index contributed by atoms with van der Waals surface area (Å²) in [7, 11) is 0. The van der Waals surface area contributed by atoms with E-state index in [1.54, 1.807) is 0 Å². The van der Waals surface area contributed by atoms with Gasteiger partial charge in [0, 0.05) is 36.1 Å². The summed E-state index contributed by atoms with van der Waals surface area (Å²) in [5.41, 5.74) is 7.95. The molecule has 102 valence electrons. The van der Waals surface area contributed by atoms with Gasteiger partial charge in [-0.25, -0.2) is 0 Å². The number of carbonyl (C=O) groups is 1. The largest absolute Gasteiger partial charge is 0.493 e. The Morgan fingerprint density at radius 2 is 1.89 bits per heavy atom. The molecule has 1 unspecified atom stereocenters. The normalized spacial score (nSPS) is 17.4. The van der Waals surface area contributed by atoms with Crippen LogP contribution in [0.2, 0.25) is 5.02 Å². The van der Waals surface area contributed by atoms with Crippen molar-refractivity contribution in [2.75, 3.05) is 19.8 Å². The molecule has 0 bridgehead atoms. The van der Waals surface area contributed by atoms with Crippen LogP contribution in [0.5, 0.6) is 11.5 Å². The molecule has 2 heterocycles. The lowest BCUT2D eigenvalue weighted by atomic mass is 9.89. The van der Waals surface area contributed by atoms with Crippen LogP contribution in [0.25, 0.3) is 0 Å². The second kappa shape index (κ2) is 4.58. The van der Waals surface area contributed by atoms with Crippen LogP contribution in [-0.2, 0) is 17.6 Å². The molecule has 0 spiro atoms. The van der Waals surface area contributed by atoms with E-state index in [2.05, 4.69) is 0 Å². The number of aliphatic carboxylic acids is 1. The van der Waals surface area contributed by atoms with Crippen LogP contribution in [0.1, 0.15) is 22.6 Å². The van der Waals surface area contributed by atoms with Crippen molar-refractivity contribution in [3.63, 3.8) is 0 Å². The van der Waals surface area contributed by atoms with Gasteiger partial charge in [0.2, 0.25) is 0 Å². The highest BCUT2D eigenvalue weighted by molar-refractivity contribution is 6.33. The van der Waals surface area contributed by atoms with Gasteiger partial charge in [0.15, 0.2) is 0 Å². The molecule has 0 fully saturated rings. The molecule has 0 aliphatic carbocycles. The molecular formula is C13H14ClNO4. The molecule has 5 nitrogen and oxygen atoms in total. The van der Waals surface area contributed by atoms with E-state index < -0.39 is 11.9 Å². The fraction of sp³-hybridized carbons (Fsp3) is 0.462. The summed E-state index contributed by atoms with van der Waals surface area (Å²) in [6, 6.07) is 0. The Morgan fingerprint density at radius 1 is 1.26 bits per heavy atom.